The van der Waals surface area contributed by atoms with E-state index in [1.165, 1.54) is 22.4 Å². The lowest BCUT2D eigenvalue weighted by molar-refractivity contribution is 0.872. The Balaban J connectivity index is 2.02. The van der Waals surface area contributed by atoms with Crippen LogP contribution in [0.15, 0.2) is 48.5 Å². The van der Waals surface area contributed by atoms with E-state index in [4.69, 9.17) is 5.73 Å². The Morgan fingerprint density at radius 1 is 1.00 bits per heavy atom. The fraction of sp³-hybridized carbons (Fsp3) is 0.294. The first-order chi connectivity index (χ1) is 9.20. The molecule has 0 heterocycles. The molecule has 0 aromatic heterocycles. The van der Waals surface area contributed by atoms with Gasteiger partial charge in [-0.3, -0.25) is 0 Å². The molecule has 2 aromatic carbocycles. The molecule has 0 atom stereocenters. The van der Waals surface area contributed by atoms with E-state index in [0.717, 1.165) is 13.0 Å². The van der Waals surface area contributed by atoms with Crippen molar-refractivity contribution in [1.82, 2.24) is 0 Å². The van der Waals surface area contributed by atoms with E-state index in [-0.39, 0.29) is 0 Å². The minimum Gasteiger partial charge on any atom is -0.374 e. The van der Waals surface area contributed by atoms with Crippen LogP contribution in [0, 0.1) is 6.92 Å². The minimum absolute atomic E-state index is 0.606. The summed E-state index contributed by atoms with van der Waals surface area (Å²) in [6.07, 6.45) is 1.06. The number of nitrogens with two attached hydrogens (primary N) is 1. The van der Waals surface area contributed by atoms with Crippen LogP contribution < -0.4 is 10.6 Å². The first-order valence-corrected chi connectivity index (χ1v) is 6.75. The van der Waals surface area contributed by atoms with E-state index < -0.39 is 0 Å². The van der Waals surface area contributed by atoms with E-state index in [0.29, 0.717) is 6.54 Å². The third kappa shape index (κ3) is 3.58. The van der Waals surface area contributed by atoms with Gasteiger partial charge in [0.2, 0.25) is 0 Å². The van der Waals surface area contributed by atoms with Crippen LogP contribution in [0.1, 0.15) is 16.7 Å². The van der Waals surface area contributed by atoms with Gasteiger partial charge in [0.25, 0.3) is 0 Å². The number of anilines is 1. The van der Waals surface area contributed by atoms with Crippen LogP contribution >= 0.6 is 0 Å². The molecular formula is C17H22N2. The molecule has 0 amide bonds. The van der Waals surface area contributed by atoms with Crippen LogP contribution in [-0.4, -0.2) is 13.6 Å². The second kappa shape index (κ2) is 6.39. The lowest BCUT2D eigenvalue weighted by atomic mass is 10.1. The van der Waals surface area contributed by atoms with Crippen LogP contribution in [0.3, 0.4) is 0 Å². The van der Waals surface area contributed by atoms with Gasteiger partial charge in [0.15, 0.2) is 0 Å². The molecule has 0 aliphatic carbocycles. The van der Waals surface area contributed by atoms with Crippen molar-refractivity contribution in [1.29, 1.82) is 0 Å². The van der Waals surface area contributed by atoms with Gasteiger partial charge in [-0.05, 0) is 36.1 Å². The van der Waals surface area contributed by atoms with Gasteiger partial charge < -0.3 is 10.6 Å². The second-order valence-corrected chi connectivity index (χ2v) is 4.98. The lowest BCUT2D eigenvalue weighted by Crippen LogP contribution is -2.21. The van der Waals surface area contributed by atoms with Crippen molar-refractivity contribution in [2.45, 2.75) is 19.9 Å². The molecule has 2 aromatic rings. The van der Waals surface area contributed by atoms with Gasteiger partial charge >= 0.3 is 0 Å². The number of benzene rings is 2. The highest BCUT2D eigenvalue weighted by Crippen LogP contribution is 2.20. The maximum absolute atomic E-state index is 5.67. The first-order valence-electron chi connectivity index (χ1n) is 6.75. The Bertz CT molecular complexity index is 520. The number of likely N-dealkylation sites (N-methyl/N-ethyl adjacent to an activating group) is 1. The standard InChI is InChI=1S/C17H22N2/c1-14-12-16(13-18)8-9-17(14)19(2)11-10-15-6-4-3-5-7-15/h3-9,12H,10-11,13,18H2,1-2H3. The zero-order valence-electron chi connectivity index (χ0n) is 11.8. The Kier molecular flexibility index (Phi) is 4.58. The molecule has 2 rings (SSSR count). The van der Waals surface area contributed by atoms with E-state index in [1.54, 1.807) is 0 Å². The second-order valence-electron chi connectivity index (χ2n) is 4.98. The number of hydrogen-bond acceptors (Lipinski definition) is 2. The van der Waals surface area contributed by atoms with Gasteiger partial charge in [-0.2, -0.15) is 0 Å². The SMILES string of the molecule is Cc1cc(CN)ccc1N(C)CCc1ccccc1. The molecule has 2 nitrogen and oxygen atoms in total. The average molecular weight is 254 g/mol. The summed E-state index contributed by atoms with van der Waals surface area (Å²) < 4.78 is 0. The molecule has 2 N–H and O–H groups in total. The number of nitrogens with zero attached hydrogens (tertiary/aromatic N) is 1. The highest BCUT2D eigenvalue weighted by Gasteiger charge is 2.05. The minimum atomic E-state index is 0.606. The summed E-state index contributed by atoms with van der Waals surface area (Å²) in [5, 5.41) is 0. The van der Waals surface area contributed by atoms with Crippen LogP contribution in [0.5, 0.6) is 0 Å². The quantitative estimate of drug-likeness (QED) is 0.888. The molecular weight excluding hydrogens is 232 g/mol. The van der Waals surface area contributed by atoms with Gasteiger partial charge in [-0.1, -0.05) is 42.5 Å². The Morgan fingerprint density at radius 3 is 2.37 bits per heavy atom. The van der Waals surface area contributed by atoms with Gasteiger partial charge in [0.05, 0.1) is 0 Å². The number of aryl methyl sites for hydroxylation is 1. The fourth-order valence-electron chi connectivity index (χ4n) is 2.33. The molecule has 0 aliphatic heterocycles. The highest BCUT2D eigenvalue weighted by atomic mass is 15.1. The molecule has 0 unspecified atom stereocenters. The van der Waals surface area contributed by atoms with Crippen molar-refractivity contribution in [3.8, 4) is 0 Å². The maximum Gasteiger partial charge on any atom is 0.0393 e. The molecule has 0 saturated heterocycles. The van der Waals surface area contributed by atoms with Crippen LogP contribution in [0.2, 0.25) is 0 Å². The van der Waals surface area contributed by atoms with Crippen molar-refractivity contribution in [3.63, 3.8) is 0 Å². The monoisotopic (exact) mass is 254 g/mol. The summed E-state index contributed by atoms with van der Waals surface area (Å²) in [4.78, 5) is 2.31. The summed E-state index contributed by atoms with van der Waals surface area (Å²) in [7, 11) is 2.15. The lowest BCUT2D eigenvalue weighted by Gasteiger charge is -2.22. The number of hydrogen-bond donors (Lipinski definition) is 1. The predicted octanol–water partition coefficient (Wildman–Crippen LogP) is 3.13. The molecule has 0 radical (unpaired) electrons. The molecule has 0 aliphatic rings. The summed E-state index contributed by atoms with van der Waals surface area (Å²) in [6.45, 7) is 3.77. The Labute approximate surface area is 115 Å². The van der Waals surface area contributed by atoms with Gasteiger partial charge in [-0.25, -0.2) is 0 Å². The van der Waals surface area contributed by atoms with Crippen LogP contribution in [-0.2, 0) is 13.0 Å². The van der Waals surface area contributed by atoms with Gasteiger partial charge in [0, 0.05) is 25.8 Å². The van der Waals surface area contributed by atoms with Crippen molar-refractivity contribution >= 4 is 5.69 Å². The Hall–Kier alpha value is -1.80. The molecule has 0 fully saturated rings. The zero-order valence-corrected chi connectivity index (χ0v) is 11.8. The largest absolute Gasteiger partial charge is 0.374 e. The molecule has 0 saturated carbocycles. The maximum atomic E-state index is 5.67. The summed E-state index contributed by atoms with van der Waals surface area (Å²) in [5.74, 6) is 0. The summed E-state index contributed by atoms with van der Waals surface area (Å²) in [6, 6.07) is 17.1. The van der Waals surface area contributed by atoms with Crippen LogP contribution in [0.25, 0.3) is 0 Å². The van der Waals surface area contributed by atoms with E-state index in [2.05, 4.69) is 67.4 Å². The van der Waals surface area contributed by atoms with Crippen LogP contribution in [0.4, 0.5) is 5.69 Å². The Morgan fingerprint density at radius 2 is 1.74 bits per heavy atom. The molecule has 2 heteroatoms. The van der Waals surface area contributed by atoms with Gasteiger partial charge in [0.1, 0.15) is 0 Å². The smallest absolute Gasteiger partial charge is 0.0393 e. The average Bonchev–Trinajstić information content (AvgIpc) is 2.45. The van der Waals surface area contributed by atoms with Crippen molar-refractivity contribution in [2.75, 3.05) is 18.5 Å². The molecule has 0 spiro atoms. The third-order valence-corrected chi connectivity index (χ3v) is 3.49. The van der Waals surface area contributed by atoms with E-state index in [9.17, 15) is 0 Å². The van der Waals surface area contributed by atoms with E-state index in [1.807, 2.05) is 0 Å². The summed E-state index contributed by atoms with van der Waals surface area (Å²) >= 11 is 0. The zero-order chi connectivity index (χ0) is 13.7. The first kappa shape index (κ1) is 13.6. The molecule has 0 bridgehead atoms. The summed E-state index contributed by atoms with van der Waals surface area (Å²) in [5.41, 5.74) is 10.8. The third-order valence-electron chi connectivity index (χ3n) is 3.49. The molecule has 100 valence electrons. The fourth-order valence-corrected chi connectivity index (χ4v) is 2.33. The normalized spacial score (nSPS) is 10.5. The van der Waals surface area contributed by atoms with Crippen molar-refractivity contribution < 1.29 is 0 Å². The van der Waals surface area contributed by atoms with Crippen molar-refractivity contribution in [2.24, 2.45) is 5.73 Å². The number of rotatable bonds is 5. The predicted molar refractivity (Wildman–Crippen MR) is 82.5 cm³/mol. The highest BCUT2D eigenvalue weighted by molar-refractivity contribution is 5.54. The van der Waals surface area contributed by atoms with Crippen molar-refractivity contribution in [3.05, 3.63) is 65.2 Å². The molecule has 19 heavy (non-hydrogen) atoms. The van der Waals surface area contributed by atoms with Gasteiger partial charge in [-0.15, -0.1) is 0 Å². The van der Waals surface area contributed by atoms with E-state index >= 15 is 0 Å². The topological polar surface area (TPSA) is 29.3 Å².